The molecular formula is C10H15N+. The lowest BCUT2D eigenvalue weighted by Gasteiger charge is -2.23. The quantitative estimate of drug-likeness (QED) is 0.536. The summed E-state index contributed by atoms with van der Waals surface area (Å²) in [6, 6.07) is 9.35. The van der Waals surface area contributed by atoms with E-state index < -0.39 is 0 Å². The van der Waals surface area contributed by atoms with Gasteiger partial charge in [-0.1, -0.05) is 6.07 Å². The fourth-order valence-corrected chi connectivity index (χ4v) is 0.962. The molecule has 1 aromatic rings. The minimum Gasteiger partial charge on any atom is -0.298 e. The molecule has 1 radical (unpaired) electrons. The van der Waals surface area contributed by atoms with E-state index in [2.05, 4.69) is 40.2 Å². The highest BCUT2D eigenvalue weighted by Crippen LogP contribution is 2.16. The average Bonchev–Trinajstić information content (AvgIpc) is 1.86. The van der Waals surface area contributed by atoms with Crippen molar-refractivity contribution in [1.29, 1.82) is 0 Å². The average molecular weight is 149 g/mol. The zero-order valence-electron chi connectivity index (χ0n) is 7.68. The van der Waals surface area contributed by atoms with Crippen LogP contribution in [-0.2, 0) is 0 Å². The van der Waals surface area contributed by atoms with Crippen LogP contribution >= 0.6 is 0 Å². The smallest absolute Gasteiger partial charge is 0.133 e. The fraction of sp³-hybridized carbons (Fsp3) is 0.400. The first-order chi connectivity index (χ1) is 5.00. The van der Waals surface area contributed by atoms with Crippen LogP contribution in [0.25, 0.3) is 0 Å². The van der Waals surface area contributed by atoms with Crippen molar-refractivity contribution in [3.63, 3.8) is 0 Å². The van der Waals surface area contributed by atoms with Crippen molar-refractivity contribution in [3.8, 4) is 0 Å². The van der Waals surface area contributed by atoms with E-state index in [9.17, 15) is 0 Å². The van der Waals surface area contributed by atoms with Gasteiger partial charge in [0.1, 0.15) is 5.69 Å². The van der Waals surface area contributed by atoms with E-state index in [1.54, 1.807) is 0 Å². The summed E-state index contributed by atoms with van der Waals surface area (Å²) >= 11 is 0. The Hall–Kier alpha value is -0.820. The van der Waals surface area contributed by atoms with Gasteiger partial charge < -0.3 is 0 Å². The minimum absolute atomic E-state index is 0.859. The van der Waals surface area contributed by atoms with Crippen molar-refractivity contribution in [2.45, 2.75) is 6.92 Å². The van der Waals surface area contributed by atoms with Crippen LogP contribution in [0.5, 0.6) is 0 Å². The van der Waals surface area contributed by atoms with Crippen molar-refractivity contribution >= 4 is 5.69 Å². The molecule has 0 spiro atoms. The Bertz CT molecular complexity index is 245. The molecule has 1 rings (SSSR count). The summed E-state index contributed by atoms with van der Waals surface area (Å²) in [6.45, 7) is 2.09. The highest BCUT2D eigenvalue weighted by Gasteiger charge is 2.10. The van der Waals surface area contributed by atoms with Crippen molar-refractivity contribution in [2.24, 2.45) is 0 Å². The van der Waals surface area contributed by atoms with Crippen molar-refractivity contribution in [2.75, 3.05) is 21.1 Å². The van der Waals surface area contributed by atoms with Crippen LogP contribution in [0, 0.1) is 13.0 Å². The summed E-state index contributed by atoms with van der Waals surface area (Å²) in [5.74, 6) is 0. The largest absolute Gasteiger partial charge is 0.298 e. The maximum absolute atomic E-state index is 3.12. The first-order valence-electron chi connectivity index (χ1n) is 3.80. The summed E-state index contributed by atoms with van der Waals surface area (Å²) < 4.78 is 0.859. The number of aryl methyl sites for hydroxylation is 1. The lowest BCUT2D eigenvalue weighted by atomic mass is 10.2. The lowest BCUT2D eigenvalue weighted by Crippen LogP contribution is -2.34. The molecule has 0 aromatic heterocycles. The van der Waals surface area contributed by atoms with Gasteiger partial charge >= 0.3 is 0 Å². The van der Waals surface area contributed by atoms with Crippen LogP contribution in [0.15, 0.2) is 18.2 Å². The Morgan fingerprint density at radius 3 is 2.18 bits per heavy atom. The van der Waals surface area contributed by atoms with E-state index in [1.807, 2.05) is 12.1 Å². The van der Waals surface area contributed by atoms with E-state index in [0.29, 0.717) is 0 Å². The molecule has 0 aliphatic carbocycles. The second-order valence-corrected chi connectivity index (χ2v) is 3.78. The van der Waals surface area contributed by atoms with Crippen LogP contribution < -0.4 is 4.48 Å². The zero-order chi connectivity index (χ0) is 8.48. The van der Waals surface area contributed by atoms with Gasteiger partial charge in [0.25, 0.3) is 0 Å². The minimum atomic E-state index is 0.859. The lowest BCUT2D eigenvalue weighted by molar-refractivity contribution is 0.486. The summed E-state index contributed by atoms with van der Waals surface area (Å²) in [5, 5.41) is 0. The fourth-order valence-electron chi connectivity index (χ4n) is 0.962. The number of nitrogens with zero attached hydrogens (tertiary/aromatic N) is 1. The Morgan fingerprint density at radius 2 is 1.82 bits per heavy atom. The second-order valence-electron chi connectivity index (χ2n) is 3.78. The number of rotatable bonds is 1. The van der Waals surface area contributed by atoms with Gasteiger partial charge in [0.05, 0.1) is 21.1 Å². The molecule has 1 heteroatoms. The van der Waals surface area contributed by atoms with E-state index in [0.717, 1.165) is 4.48 Å². The number of hydrogen-bond acceptors (Lipinski definition) is 0. The molecule has 1 aromatic carbocycles. The van der Waals surface area contributed by atoms with E-state index in [4.69, 9.17) is 0 Å². The van der Waals surface area contributed by atoms with Gasteiger partial charge in [0.15, 0.2) is 0 Å². The molecule has 1 nitrogen and oxygen atoms in total. The number of benzene rings is 1. The Labute approximate surface area is 68.9 Å². The summed E-state index contributed by atoms with van der Waals surface area (Å²) in [6.07, 6.45) is 0. The molecule has 0 unspecified atom stereocenters. The van der Waals surface area contributed by atoms with E-state index in [-0.39, 0.29) is 0 Å². The molecule has 0 N–H and O–H groups in total. The summed E-state index contributed by atoms with van der Waals surface area (Å²) in [4.78, 5) is 0. The maximum atomic E-state index is 3.12. The Morgan fingerprint density at radius 1 is 1.18 bits per heavy atom. The third-order valence-corrected chi connectivity index (χ3v) is 1.69. The SMILES string of the molecule is Cc1c[c]cc([N+](C)(C)C)c1. The topological polar surface area (TPSA) is 0 Å². The third kappa shape index (κ3) is 2.05. The third-order valence-electron chi connectivity index (χ3n) is 1.69. The molecular weight excluding hydrogens is 134 g/mol. The predicted octanol–water partition coefficient (Wildman–Crippen LogP) is 1.99. The second kappa shape index (κ2) is 2.67. The van der Waals surface area contributed by atoms with Crippen molar-refractivity contribution in [3.05, 3.63) is 29.8 Å². The van der Waals surface area contributed by atoms with Gasteiger partial charge in [0.2, 0.25) is 0 Å². The van der Waals surface area contributed by atoms with Crippen LogP contribution in [-0.4, -0.2) is 21.1 Å². The van der Waals surface area contributed by atoms with Crippen molar-refractivity contribution < 1.29 is 0 Å². The molecule has 0 aliphatic heterocycles. The van der Waals surface area contributed by atoms with E-state index in [1.165, 1.54) is 11.3 Å². The molecule has 0 aliphatic rings. The molecule has 0 saturated carbocycles. The maximum Gasteiger partial charge on any atom is 0.133 e. The highest BCUT2D eigenvalue weighted by atomic mass is 15.3. The molecule has 0 atom stereocenters. The summed E-state index contributed by atoms with van der Waals surface area (Å²) in [7, 11) is 6.47. The molecule has 0 saturated heterocycles. The molecule has 0 fully saturated rings. The molecule has 0 bridgehead atoms. The van der Waals surface area contributed by atoms with Crippen LogP contribution in [0.2, 0.25) is 0 Å². The predicted molar refractivity (Wildman–Crippen MR) is 49.6 cm³/mol. The highest BCUT2D eigenvalue weighted by molar-refractivity contribution is 5.42. The van der Waals surface area contributed by atoms with Gasteiger partial charge in [0, 0.05) is 12.1 Å². The van der Waals surface area contributed by atoms with Crippen LogP contribution in [0.4, 0.5) is 5.69 Å². The number of hydrogen-bond donors (Lipinski definition) is 0. The van der Waals surface area contributed by atoms with Gasteiger partial charge in [-0.2, -0.15) is 0 Å². The molecule has 11 heavy (non-hydrogen) atoms. The van der Waals surface area contributed by atoms with Crippen LogP contribution in [0.1, 0.15) is 5.56 Å². The summed E-state index contributed by atoms with van der Waals surface area (Å²) in [5.41, 5.74) is 2.57. The van der Waals surface area contributed by atoms with Crippen molar-refractivity contribution in [1.82, 2.24) is 4.48 Å². The van der Waals surface area contributed by atoms with Gasteiger partial charge in [-0.3, -0.25) is 4.48 Å². The Balaban J connectivity index is 3.06. The van der Waals surface area contributed by atoms with Gasteiger partial charge in [-0.05, 0) is 18.6 Å². The first-order valence-corrected chi connectivity index (χ1v) is 3.80. The first kappa shape index (κ1) is 8.28. The van der Waals surface area contributed by atoms with Gasteiger partial charge in [-0.25, -0.2) is 0 Å². The normalized spacial score (nSPS) is 11.6. The molecule has 0 amide bonds. The zero-order valence-corrected chi connectivity index (χ0v) is 7.68. The van der Waals surface area contributed by atoms with Crippen LogP contribution in [0.3, 0.4) is 0 Å². The van der Waals surface area contributed by atoms with E-state index >= 15 is 0 Å². The Kier molecular flexibility index (Phi) is 2.01. The standard InChI is InChI=1S/C10H15N/c1-9-6-5-7-10(8-9)11(2,3)4/h6-8H,1-4H3/q+1. The molecule has 0 heterocycles. The number of quaternary nitrogens is 1. The molecule has 59 valence electrons. The van der Waals surface area contributed by atoms with Gasteiger partial charge in [-0.15, -0.1) is 0 Å². The monoisotopic (exact) mass is 149 g/mol.